The first-order chi connectivity index (χ1) is 8.62. The fraction of sp³-hybridized carbons (Fsp3) is 0.867. The van der Waals surface area contributed by atoms with Crippen LogP contribution < -0.4 is 5.32 Å². The topological polar surface area (TPSA) is 66.4 Å². The van der Waals surface area contributed by atoms with Crippen molar-refractivity contribution in [3.05, 3.63) is 0 Å². The molecule has 0 aliphatic carbocycles. The molecular weight excluding hydrogens is 242 g/mol. The second-order valence-electron chi connectivity index (χ2n) is 6.31. The summed E-state index contributed by atoms with van der Waals surface area (Å²) < 4.78 is 0. The predicted octanol–water partition coefficient (Wildman–Crippen LogP) is 3.06. The first kappa shape index (κ1) is 17.9. The van der Waals surface area contributed by atoms with E-state index < -0.39 is 11.5 Å². The molecule has 0 bridgehead atoms. The van der Waals surface area contributed by atoms with Crippen molar-refractivity contribution in [1.82, 2.24) is 5.32 Å². The SMILES string of the molecule is CCC(CC(=O)NC(C)(CC(=O)O)C(C)C)C(C)C. The van der Waals surface area contributed by atoms with Gasteiger partial charge in [0.05, 0.1) is 6.42 Å². The van der Waals surface area contributed by atoms with E-state index in [1.165, 1.54) is 0 Å². The van der Waals surface area contributed by atoms with Gasteiger partial charge in [-0.15, -0.1) is 0 Å². The van der Waals surface area contributed by atoms with Gasteiger partial charge >= 0.3 is 5.97 Å². The molecule has 2 unspecified atom stereocenters. The molecule has 4 heteroatoms. The first-order valence-electron chi connectivity index (χ1n) is 7.15. The second kappa shape index (κ2) is 7.51. The molecule has 2 atom stereocenters. The average Bonchev–Trinajstić information content (AvgIpc) is 2.23. The fourth-order valence-electron chi connectivity index (χ4n) is 2.17. The molecule has 0 saturated heterocycles. The van der Waals surface area contributed by atoms with Gasteiger partial charge in [0.15, 0.2) is 0 Å². The lowest BCUT2D eigenvalue weighted by atomic mass is 9.84. The van der Waals surface area contributed by atoms with Crippen LogP contribution in [0.5, 0.6) is 0 Å². The number of rotatable bonds is 8. The average molecular weight is 271 g/mol. The molecule has 0 aromatic heterocycles. The van der Waals surface area contributed by atoms with Crippen LogP contribution in [0.25, 0.3) is 0 Å². The van der Waals surface area contributed by atoms with Gasteiger partial charge in [0.1, 0.15) is 0 Å². The third-order valence-corrected chi connectivity index (χ3v) is 4.13. The summed E-state index contributed by atoms with van der Waals surface area (Å²) in [6.07, 6.45) is 1.38. The van der Waals surface area contributed by atoms with E-state index in [1.54, 1.807) is 6.92 Å². The molecule has 0 aromatic rings. The Bertz CT molecular complexity index is 313. The van der Waals surface area contributed by atoms with Crippen LogP contribution in [-0.2, 0) is 9.59 Å². The van der Waals surface area contributed by atoms with E-state index in [0.29, 0.717) is 18.3 Å². The minimum absolute atomic E-state index is 0.0435. The zero-order chi connectivity index (χ0) is 15.2. The molecule has 0 heterocycles. The number of amides is 1. The van der Waals surface area contributed by atoms with Gasteiger partial charge in [0, 0.05) is 12.0 Å². The van der Waals surface area contributed by atoms with E-state index in [9.17, 15) is 9.59 Å². The van der Waals surface area contributed by atoms with Crippen molar-refractivity contribution < 1.29 is 14.7 Å². The van der Waals surface area contributed by atoms with Crippen LogP contribution in [0.4, 0.5) is 0 Å². The van der Waals surface area contributed by atoms with Crippen molar-refractivity contribution in [2.24, 2.45) is 17.8 Å². The molecule has 0 fully saturated rings. The zero-order valence-electron chi connectivity index (χ0n) is 13.1. The number of carbonyl (C=O) groups excluding carboxylic acids is 1. The van der Waals surface area contributed by atoms with Crippen molar-refractivity contribution in [3.8, 4) is 0 Å². The summed E-state index contributed by atoms with van der Waals surface area (Å²) in [4.78, 5) is 23.1. The maximum absolute atomic E-state index is 12.1. The van der Waals surface area contributed by atoms with Crippen LogP contribution in [0, 0.1) is 17.8 Å². The van der Waals surface area contributed by atoms with Crippen LogP contribution >= 0.6 is 0 Å². The summed E-state index contributed by atoms with van der Waals surface area (Å²) >= 11 is 0. The quantitative estimate of drug-likeness (QED) is 0.713. The summed E-state index contributed by atoms with van der Waals surface area (Å²) in [6, 6.07) is 0. The van der Waals surface area contributed by atoms with Crippen molar-refractivity contribution in [2.75, 3.05) is 0 Å². The molecule has 2 N–H and O–H groups in total. The van der Waals surface area contributed by atoms with E-state index in [0.717, 1.165) is 6.42 Å². The first-order valence-corrected chi connectivity index (χ1v) is 7.15. The number of nitrogens with one attached hydrogen (secondary N) is 1. The maximum atomic E-state index is 12.1. The lowest BCUT2D eigenvalue weighted by Crippen LogP contribution is -2.51. The minimum atomic E-state index is -0.882. The van der Waals surface area contributed by atoms with Gasteiger partial charge in [-0.25, -0.2) is 0 Å². The zero-order valence-corrected chi connectivity index (χ0v) is 13.1. The highest BCUT2D eigenvalue weighted by Crippen LogP contribution is 2.23. The number of hydrogen-bond donors (Lipinski definition) is 2. The highest BCUT2D eigenvalue weighted by molar-refractivity contribution is 5.78. The number of hydrogen-bond acceptors (Lipinski definition) is 2. The smallest absolute Gasteiger partial charge is 0.305 e. The Morgan fingerprint density at radius 3 is 2.05 bits per heavy atom. The highest BCUT2D eigenvalue weighted by atomic mass is 16.4. The maximum Gasteiger partial charge on any atom is 0.305 e. The largest absolute Gasteiger partial charge is 0.481 e. The van der Waals surface area contributed by atoms with Crippen LogP contribution in [0.15, 0.2) is 0 Å². The Morgan fingerprint density at radius 2 is 1.74 bits per heavy atom. The Kier molecular flexibility index (Phi) is 7.09. The Labute approximate surface area is 117 Å². The lowest BCUT2D eigenvalue weighted by Gasteiger charge is -2.34. The van der Waals surface area contributed by atoms with Gasteiger partial charge in [-0.05, 0) is 24.7 Å². The van der Waals surface area contributed by atoms with Gasteiger partial charge < -0.3 is 10.4 Å². The summed E-state index contributed by atoms with van der Waals surface area (Å²) in [7, 11) is 0. The van der Waals surface area contributed by atoms with Crippen molar-refractivity contribution in [1.29, 1.82) is 0 Å². The summed E-state index contributed by atoms with van der Waals surface area (Å²) in [5.74, 6) is -0.0427. The normalized spacial score (nSPS) is 16.2. The Hall–Kier alpha value is -1.06. The second-order valence-corrected chi connectivity index (χ2v) is 6.31. The van der Waals surface area contributed by atoms with Crippen molar-refractivity contribution >= 4 is 11.9 Å². The number of carboxylic acid groups (broad SMARTS) is 1. The third-order valence-electron chi connectivity index (χ3n) is 4.13. The molecule has 0 spiro atoms. The standard InChI is InChI=1S/C15H29NO3/c1-7-12(10(2)3)8-13(17)16-15(6,11(4)5)9-14(18)19/h10-12H,7-9H2,1-6H3,(H,16,17)(H,18,19). The molecule has 112 valence electrons. The van der Waals surface area contributed by atoms with Crippen LogP contribution in [-0.4, -0.2) is 22.5 Å². The molecule has 0 aliphatic heterocycles. The van der Waals surface area contributed by atoms with Crippen LogP contribution in [0.3, 0.4) is 0 Å². The van der Waals surface area contributed by atoms with Crippen molar-refractivity contribution in [2.45, 2.75) is 66.3 Å². The highest BCUT2D eigenvalue weighted by Gasteiger charge is 2.33. The molecule has 0 aliphatic rings. The summed E-state index contributed by atoms with van der Waals surface area (Å²) in [6.45, 7) is 12.0. The molecule has 4 nitrogen and oxygen atoms in total. The van der Waals surface area contributed by atoms with Crippen LogP contribution in [0.1, 0.15) is 60.8 Å². The molecular formula is C15H29NO3. The van der Waals surface area contributed by atoms with E-state index in [1.807, 2.05) is 13.8 Å². The van der Waals surface area contributed by atoms with Gasteiger partial charge in [-0.1, -0.05) is 41.0 Å². The van der Waals surface area contributed by atoms with Gasteiger partial charge in [-0.2, -0.15) is 0 Å². The Balaban J connectivity index is 4.68. The van der Waals surface area contributed by atoms with E-state index in [-0.39, 0.29) is 18.2 Å². The molecule has 1 amide bonds. The molecule has 0 saturated carbocycles. The molecule has 19 heavy (non-hydrogen) atoms. The fourth-order valence-corrected chi connectivity index (χ4v) is 2.17. The molecule has 0 radical (unpaired) electrons. The monoisotopic (exact) mass is 271 g/mol. The van der Waals surface area contributed by atoms with Gasteiger partial charge in [0.2, 0.25) is 5.91 Å². The number of carboxylic acids is 1. The molecule has 0 aromatic carbocycles. The number of aliphatic carboxylic acids is 1. The Morgan fingerprint density at radius 1 is 1.21 bits per heavy atom. The third kappa shape index (κ3) is 6.08. The predicted molar refractivity (Wildman–Crippen MR) is 76.9 cm³/mol. The van der Waals surface area contributed by atoms with E-state index in [4.69, 9.17) is 5.11 Å². The minimum Gasteiger partial charge on any atom is -0.481 e. The van der Waals surface area contributed by atoms with Gasteiger partial charge in [0.25, 0.3) is 0 Å². The molecule has 0 rings (SSSR count). The van der Waals surface area contributed by atoms with Crippen molar-refractivity contribution in [3.63, 3.8) is 0 Å². The van der Waals surface area contributed by atoms with Crippen LogP contribution in [0.2, 0.25) is 0 Å². The summed E-state index contributed by atoms with van der Waals surface area (Å²) in [5.41, 5.74) is -0.682. The van der Waals surface area contributed by atoms with E-state index >= 15 is 0 Å². The number of carbonyl (C=O) groups is 2. The van der Waals surface area contributed by atoms with E-state index in [2.05, 4.69) is 26.1 Å². The lowest BCUT2D eigenvalue weighted by molar-refractivity contribution is -0.139. The van der Waals surface area contributed by atoms with Gasteiger partial charge in [-0.3, -0.25) is 9.59 Å². The summed E-state index contributed by atoms with van der Waals surface area (Å²) in [5, 5.41) is 11.9.